The standard InChI is InChI=1S/C15H13F3O/c1-9-6-11(16)4-5-13(9)15(19)7-10-2-3-12(17)8-14(10)18/h2-6,8,15,19H,7H2,1H3. The molecule has 0 heterocycles. The van der Waals surface area contributed by atoms with E-state index in [0.29, 0.717) is 11.1 Å². The summed E-state index contributed by atoms with van der Waals surface area (Å²) in [6.07, 6.45) is -0.945. The summed E-state index contributed by atoms with van der Waals surface area (Å²) in [7, 11) is 0. The van der Waals surface area contributed by atoms with Crippen LogP contribution in [0.5, 0.6) is 0 Å². The third kappa shape index (κ3) is 3.15. The lowest BCUT2D eigenvalue weighted by molar-refractivity contribution is 0.176. The SMILES string of the molecule is Cc1cc(F)ccc1C(O)Cc1ccc(F)cc1F. The lowest BCUT2D eigenvalue weighted by Crippen LogP contribution is -2.06. The van der Waals surface area contributed by atoms with Gasteiger partial charge in [-0.2, -0.15) is 0 Å². The molecule has 0 aliphatic heterocycles. The van der Waals surface area contributed by atoms with E-state index in [0.717, 1.165) is 12.1 Å². The normalized spacial score (nSPS) is 12.5. The molecule has 1 unspecified atom stereocenters. The summed E-state index contributed by atoms with van der Waals surface area (Å²) < 4.78 is 39.2. The Hall–Kier alpha value is -1.81. The first kappa shape index (κ1) is 13.6. The van der Waals surface area contributed by atoms with Gasteiger partial charge >= 0.3 is 0 Å². The van der Waals surface area contributed by atoms with E-state index in [1.807, 2.05) is 0 Å². The molecule has 1 nitrogen and oxygen atoms in total. The van der Waals surface area contributed by atoms with Crippen LogP contribution in [0.4, 0.5) is 13.2 Å². The van der Waals surface area contributed by atoms with Gasteiger partial charge < -0.3 is 5.11 Å². The van der Waals surface area contributed by atoms with Gasteiger partial charge in [0.1, 0.15) is 17.5 Å². The van der Waals surface area contributed by atoms with Crippen LogP contribution < -0.4 is 0 Å². The number of hydrogen-bond donors (Lipinski definition) is 1. The van der Waals surface area contributed by atoms with Crippen molar-refractivity contribution >= 4 is 0 Å². The zero-order valence-electron chi connectivity index (χ0n) is 10.3. The zero-order chi connectivity index (χ0) is 14.0. The number of halogens is 3. The molecule has 2 aromatic rings. The molecule has 0 saturated heterocycles. The molecule has 0 spiro atoms. The monoisotopic (exact) mass is 266 g/mol. The maximum Gasteiger partial charge on any atom is 0.129 e. The van der Waals surface area contributed by atoms with Crippen molar-refractivity contribution in [2.75, 3.05) is 0 Å². The molecule has 0 saturated carbocycles. The first-order chi connectivity index (χ1) is 8.97. The van der Waals surface area contributed by atoms with Gasteiger partial charge in [-0.1, -0.05) is 12.1 Å². The number of hydrogen-bond acceptors (Lipinski definition) is 1. The highest BCUT2D eigenvalue weighted by molar-refractivity contribution is 5.30. The zero-order valence-corrected chi connectivity index (χ0v) is 10.3. The maximum absolute atomic E-state index is 13.5. The quantitative estimate of drug-likeness (QED) is 0.898. The van der Waals surface area contributed by atoms with Gasteiger partial charge in [0.25, 0.3) is 0 Å². The highest BCUT2D eigenvalue weighted by Gasteiger charge is 2.14. The van der Waals surface area contributed by atoms with Gasteiger partial charge in [-0.25, -0.2) is 13.2 Å². The highest BCUT2D eigenvalue weighted by atomic mass is 19.1. The first-order valence-electron chi connectivity index (χ1n) is 5.85. The third-order valence-electron chi connectivity index (χ3n) is 3.02. The molecule has 0 bridgehead atoms. The minimum absolute atomic E-state index is 0.0125. The Morgan fingerprint density at radius 3 is 2.26 bits per heavy atom. The smallest absolute Gasteiger partial charge is 0.129 e. The van der Waals surface area contributed by atoms with Crippen LogP contribution in [0.15, 0.2) is 36.4 Å². The van der Waals surface area contributed by atoms with E-state index < -0.39 is 17.7 Å². The second-order valence-corrected chi connectivity index (χ2v) is 4.46. The second kappa shape index (κ2) is 5.45. The number of aliphatic hydroxyl groups excluding tert-OH is 1. The van der Waals surface area contributed by atoms with Crippen LogP contribution in [0.2, 0.25) is 0 Å². The van der Waals surface area contributed by atoms with Crippen LogP contribution in [0.25, 0.3) is 0 Å². The number of aliphatic hydroxyl groups is 1. The minimum atomic E-state index is -0.958. The predicted molar refractivity (Wildman–Crippen MR) is 66.2 cm³/mol. The summed E-state index contributed by atoms with van der Waals surface area (Å²) in [5.41, 5.74) is 1.35. The van der Waals surface area contributed by atoms with Gasteiger partial charge in [0.05, 0.1) is 6.10 Å². The Morgan fingerprint density at radius 2 is 1.63 bits per heavy atom. The van der Waals surface area contributed by atoms with Gasteiger partial charge in [0.15, 0.2) is 0 Å². The Labute approximate surface area is 109 Å². The molecule has 0 amide bonds. The summed E-state index contributed by atoms with van der Waals surface area (Å²) in [6, 6.07) is 7.23. The largest absolute Gasteiger partial charge is 0.388 e. The molecule has 0 aliphatic carbocycles. The maximum atomic E-state index is 13.5. The van der Waals surface area contributed by atoms with Gasteiger partial charge in [0, 0.05) is 12.5 Å². The molecule has 0 fully saturated rings. The number of aryl methyl sites for hydroxylation is 1. The molecular formula is C15H13F3O. The Balaban J connectivity index is 2.23. The van der Waals surface area contributed by atoms with Crippen molar-refractivity contribution in [2.45, 2.75) is 19.4 Å². The molecule has 0 aliphatic rings. The fourth-order valence-corrected chi connectivity index (χ4v) is 2.02. The average molecular weight is 266 g/mol. The molecule has 1 atom stereocenters. The molecule has 4 heteroatoms. The van der Waals surface area contributed by atoms with Crippen LogP contribution in [0, 0.1) is 24.4 Å². The number of benzene rings is 2. The van der Waals surface area contributed by atoms with Gasteiger partial charge in [-0.15, -0.1) is 0 Å². The van der Waals surface area contributed by atoms with Gasteiger partial charge in [0.2, 0.25) is 0 Å². The molecule has 2 rings (SSSR count). The molecule has 19 heavy (non-hydrogen) atoms. The van der Waals surface area contributed by atoms with Crippen LogP contribution in [0.3, 0.4) is 0 Å². The van der Waals surface area contributed by atoms with Crippen LogP contribution >= 0.6 is 0 Å². The fourth-order valence-electron chi connectivity index (χ4n) is 2.02. The van der Waals surface area contributed by atoms with E-state index >= 15 is 0 Å². The Kier molecular flexibility index (Phi) is 3.90. The van der Waals surface area contributed by atoms with E-state index in [1.54, 1.807) is 6.92 Å². The third-order valence-corrected chi connectivity index (χ3v) is 3.02. The van der Waals surface area contributed by atoms with Gasteiger partial charge in [-0.3, -0.25) is 0 Å². The second-order valence-electron chi connectivity index (χ2n) is 4.46. The van der Waals surface area contributed by atoms with E-state index in [9.17, 15) is 18.3 Å². The Morgan fingerprint density at radius 1 is 1.00 bits per heavy atom. The molecule has 100 valence electrons. The van der Waals surface area contributed by atoms with E-state index in [1.165, 1.54) is 24.3 Å². The average Bonchev–Trinajstić information content (AvgIpc) is 2.32. The topological polar surface area (TPSA) is 20.2 Å². The van der Waals surface area contributed by atoms with Crippen LogP contribution in [0.1, 0.15) is 22.8 Å². The molecule has 0 radical (unpaired) electrons. The van der Waals surface area contributed by atoms with E-state index in [-0.39, 0.29) is 17.8 Å². The molecular weight excluding hydrogens is 253 g/mol. The Bertz CT molecular complexity index is 596. The molecule has 0 aromatic heterocycles. The van der Waals surface area contributed by atoms with Crippen molar-refractivity contribution in [3.63, 3.8) is 0 Å². The van der Waals surface area contributed by atoms with Crippen molar-refractivity contribution in [1.29, 1.82) is 0 Å². The fraction of sp³-hybridized carbons (Fsp3) is 0.200. The molecule has 2 aromatic carbocycles. The van der Waals surface area contributed by atoms with Crippen molar-refractivity contribution in [3.8, 4) is 0 Å². The van der Waals surface area contributed by atoms with E-state index in [2.05, 4.69) is 0 Å². The molecule has 1 N–H and O–H groups in total. The van der Waals surface area contributed by atoms with E-state index in [4.69, 9.17) is 0 Å². The summed E-state index contributed by atoms with van der Waals surface area (Å²) >= 11 is 0. The lowest BCUT2D eigenvalue weighted by atomic mass is 9.97. The van der Waals surface area contributed by atoms with Gasteiger partial charge in [-0.05, 0) is 41.8 Å². The van der Waals surface area contributed by atoms with Crippen molar-refractivity contribution < 1.29 is 18.3 Å². The van der Waals surface area contributed by atoms with Crippen LogP contribution in [-0.4, -0.2) is 5.11 Å². The summed E-state index contributed by atoms with van der Waals surface area (Å²) in [5.74, 6) is -1.74. The first-order valence-corrected chi connectivity index (χ1v) is 5.85. The van der Waals surface area contributed by atoms with Crippen LogP contribution in [-0.2, 0) is 6.42 Å². The lowest BCUT2D eigenvalue weighted by Gasteiger charge is -2.14. The van der Waals surface area contributed by atoms with Crippen molar-refractivity contribution in [3.05, 3.63) is 70.5 Å². The number of rotatable bonds is 3. The summed E-state index contributed by atoms with van der Waals surface area (Å²) in [4.78, 5) is 0. The predicted octanol–water partition coefficient (Wildman–Crippen LogP) is 3.69. The summed E-state index contributed by atoms with van der Waals surface area (Å²) in [6.45, 7) is 1.67. The minimum Gasteiger partial charge on any atom is -0.388 e. The van der Waals surface area contributed by atoms with Crippen molar-refractivity contribution in [1.82, 2.24) is 0 Å². The highest BCUT2D eigenvalue weighted by Crippen LogP contribution is 2.23. The van der Waals surface area contributed by atoms with Crippen molar-refractivity contribution in [2.24, 2.45) is 0 Å². The summed E-state index contributed by atoms with van der Waals surface area (Å²) in [5, 5.41) is 10.1.